The maximum absolute atomic E-state index is 12.6. The van der Waals surface area contributed by atoms with Crippen LogP contribution >= 0.6 is 11.8 Å². The third-order valence-corrected chi connectivity index (χ3v) is 5.87. The summed E-state index contributed by atoms with van der Waals surface area (Å²) >= 11 is 0.948. The second-order valence-electron chi connectivity index (χ2n) is 7.03. The van der Waals surface area contributed by atoms with Crippen molar-refractivity contribution < 1.29 is 48.4 Å². The Morgan fingerprint density at radius 3 is 2.45 bits per heavy atom. The van der Waals surface area contributed by atoms with Gasteiger partial charge in [-0.05, 0) is 31.0 Å². The quantitative estimate of drug-likeness (QED) is 0.411. The summed E-state index contributed by atoms with van der Waals surface area (Å²) in [5, 5.41) is 2.51. The van der Waals surface area contributed by atoms with E-state index in [0.717, 1.165) is 34.3 Å². The van der Waals surface area contributed by atoms with Crippen LogP contribution in [-0.2, 0) is 17.6 Å². The number of amides is 2. The number of aromatic nitrogens is 1. The molecule has 1 aliphatic heterocycles. The smallest absolute Gasteiger partial charge is 0.585 e. The van der Waals surface area contributed by atoms with Gasteiger partial charge in [-0.25, -0.2) is 4.98 Å². The standard InChI is InChI=1S/C23H20N2O4S.Na/c1-14-18(24-22(29-14)17-5-3-2-4-6-17)11-12-19(26)16-9-7-15(8-10-16)13-20-21(27)25-23(28)30-20;/h2-10,20H,11-13H2,1H3,(H,25,27,28);/q;+1/p-1/t20-;/m1./s1. The van der Waals surface area contributed by atoms with Crippen LogP contribution < -0.4 is 29.6 Å². The van der Waals surface area contributed by atoms with Gasteiger partial charge in [-0.15, -0.1) is 0 Å². The van der Waals surface area contributed by atoms with Crippen LogP contribution in [0.5, 0.6) is 0 Å². The van der Waals surface area contributed by atoms with Crippen molar-refractivity contribution in [2.75, 3.05) is 0 Å². The normalized spacial score (nSPS) is 15.5. The molecule has 2 amide bonds. The fraction of sp³-hybridized carbons (Fsp3) is 0.217. The topological polar surface area (TPSA) is 91.3 Å². The van der Waals surface area contributed by atoms with Crippen molar-refractivity contribution in [2.45, 2.75) is 31.4 Å². The fourth-order valence-corrected chi connectivity index (χ4v) is 4.09. The molecule has 1 fully saturated rings. The summed E-state index contributed by atoms with van der Waals surface area (Å²) in [4.78, 5) is 40.0. The van der Waals surface area contributed by atoms with Gasteiger partial charge in [0.1, 0.15) is 11.0 Å². The summed E-state index contributed by atoms with van der Waals surface area (Å²) in [6.45, 7) is 1.85. The number of nitrogens with zero attached hydrogens (tertiary/aromatic N) is 2. The molecule has 1 aliphatic rings. The van der Waals surface area contributed by atoms with Crippen molar-refractivity contribution in [3.8, 4) is 11.5 Å². The number of Topliss-reactive ketones (excluding diaryl/α,β-unsaturated/α-hetero) is 1. The van der Waals surface area contributed by atoms with Crippen LogP contribution in [0.1, 0.15) is 33.8 Å². The fourth-order valence-electron chi connectivity index (χ4n) is 3.27. The van der Waals surface area contributed by atoms with Gasteiger partial charge in [-0.2, -0.15) is 0 Å². The predicted molar refractivity (Wildman–Crippen MR) is 115 cm³/mol. The number of hydrogen-bond donors (Lipinski definition) is 0. The van der Waals surface area contributed by atoms with Crippen LogP contribution in [0.3, 0.4) is 0 Å². The third kappa shape index (κ3) is 5.74. The molecule has 31 heavy (non-hydrogen) atoms. The number of hydrogen-bond acceptors (Lipinski definition) is 6. The first kappa shape index (κ1) is 23.5. The van der Waals surface area contributed by atoms with Gasteiger partial charge in [0.15, 0.2) is 5.78 Å². The second kappa shape index (κ2) is 10.4. The Morgan fingerprint density at radius 1 is 1.10 bits per heavy atom. The van der Waals surface area contributed by atoms with Gasteiger partial charge in [-0.3, -0.25) is 4.79 Å². The number of thioether (sulfide) groups is 1. The number of benzene rings is 2. The number of aryl methyl sites for hydroxylation is 2. The molecule has 3 aromatic rings. The van der Waals surface area contributed by atoms with E-state index in [0.29, 0.717) is 30.7 Å². The molecule has 2 heterocycles. The zero-order valence-corrected chi connectivity index (χ0v) is 20.1. The molecule has 0 bridgehead atoms. The van der Waals surface area contributed by atoms with E-state index in [-0.39, 0.29) is 41.2 Å². The van der Waals surface area contributed by atoms with E-state index < -0.39 is 10.5 Å². The number of imide groups is 1. The van der Waals surface area contributed by atoms with Crippen LogP contribution in [0.25, 0.3) is 16.8 Å². The average Bonchev–Trinajstić information content (AvgIpc) is 3.28. The zero-order chi connectivity index (χ0) is 21.1. The maximum atomic E-state index is 12.6. The molecule has 0 N–H and O–H groups in total. The molecule has 1 saturated heterocycles. The molecule has 0 radical (unpaired) electrons. The maximum Gasteiger partial charge on any atom is 1.00 e. The molecule has 0 saturated carbocycles. The average molecular weight is 442 g/mol. The number of ketones is 1. The van der Waals surface area contributed by atoms with E-state index in [1.165, 1.54) is 0 Å². The van der Waals surface area contributed by atoms with Crippen molar-refractivity contribution >= 4 is 28.7 Å². The van der Waals surface area contributed by atoms with Gasteiger partial charge >= 0.3 is 29.6 Å². The van der Waals surface area contributed by atoms with Gasteiger partial charge in [0, 0.05) is 24.0 Å². The third-order valence-electron chi connectivity index (χ3n) is 4.92. The Labute approximate surface area is 206 Å². The van der Waals surface area contributed by atoms with Crippen molar-refractivity contribution in [1.82, 2.24) is 4.98 Å². The van der Waals surface area contributed by atoms with Gasteiger partial charge in [-0.1, -0.05) is 54.2 Å². The Balaban J connectivity index is 0.00000272. The summed E-state index contributed by atoms with van der Waals surface area (Å²) in [6.07, 6.45) is 1.25. The molecule has 0 unspecified atom stereocenters. The van der Waals surface area contributed by atoms with E-state index >= 15 is 0 Å². The molecule has 1 aromatic heterocycles. The Morgan fingerprint density at radius 2 is 1.81 bits per heavy atom. The molecule has 1 atom stereocenters. The number of carbonyl (C=O) groups is 3. The van der Waals surface area contributed by atoms with Gasteiger partial charge in [0.25, 0.3) is 0 Å². The summed E-state index contributed by atoms with van der Waals surface area (Å²) in [5.74, 6) is 0.907. The number of rotatable bonds is 7. The minimum atomic E-state index is -0.465. The summed E-state index contributed by atoms with van der Waals surface area (Å²) in [7, 11) is 0. The summed E-state index contributed by atoms with van der Waals surface area (Å²) in [5.41, 5.74) is 3.18. The molecular weight excluding hydrogens is 423 g/mol. The van der Waals surface area contributed by atoms with Crippen molar-refractivity contribution in [1.29, 1.82) is 0 Å². The first-order valence-corrected chi connectivity index (χ1v) is 10.5. The van der Waals surface area contributed by atoms with Crippen molar-refractivity contribution in [3.63, 3.8) is 0 Å². The predicted octanol–water partition coefficient (Wildman–Crippen LogP) is 2.15. The number of oxazole rings is 1. The SMILES string of the molecule is Cc1oc(-c2ccccc2)nc1CCC(=O)c1ccc(C[C@H]2SC(=O)[N-]C2=O)cc1.[Na+]. The summed E-state index contributed by atoms with van der Waals surface area (Å²) in [6, 6.07) is 16.8. The van der Waals surface area contributed by atoms with Crippen LogP contribution in [0.15, 0.2) is 59.0 Å². The van der Waals surface area contributed by atoms with Crippen LogP contribution in [0.2, 0.25) is 0 Å². The second-order valence-corrected chi connectivity index (χ2v) is 8.19. The van der Waals surface area contributed by atoms with E-state index in [1.54, 1.807) is 12.1 Å². The largest absolute Gasteiger partial charge is 1.00 e. The van der Waals surface area contributed by atoms with Gasteiger partial charge in [0.05, 0.1) is 16.9 Å². The van der Waals surface area contributed by atoms with E-state index in [1.807, 2.05) is 49.4 Å². The molecular formula is C23H19N2NaO4S. The van der Waals surface area contributed by atoms with E-state index in [2.05, 4.69) is 10.3 Å². The van der Waals surface area contributed by atoms with E-state index in [9.17, 15) is 14.4 Å². The van der Waals surface area contributed by atoms with Crippen LogP contribution in [-0.4, -0.2) is 27.2 Å². The molecule has 6 nitrogen and oxygen atoms in total. The van der Waals surface area contributed by atoms with E-state index in [4.69, 9.17) is 4.42 Å². The zero-order valence-electron chi connectivity index (χ0n) is 17.3. The monoisotopic (exact) mass is 442 g/mol. The Hall–Kier alpha value is -2.19. The minimum absolute atomic E-state index is 0. The minimum Gasteiger partial charge on any atom is -0.585 e. The first-order valence-electron chi connectivity index (χ1n) is 9.59. The molecule has 0 aliphatic carbocycles. The van der Waals surface area contributed by atoms with Crippen molar-refractivity contribution in [2.24, 2.45) is 0 Å². The molecule has 4 rings (SSSR count). The first-order chi connectivity index (χ1) is 14.5. The van der Waals surface area contributed by atoms with Crippen LogP contribution in [0, 0.1) is 6.92 Å². The van der Waals surface area contributed by atoms with Crippen molar-refractivity contribution in [3.05, 3.63) is 82.5 Å². The Kier molecular flexibility index (Phi) is 7.89. The molecule has 0 spiro atoms. The van der Waals surface area contributed by atoms with Gasteiger partial charge in [0.2, 0.25) is 5.89 Å². The van der Waals surface area contributed by atoms with Gasteiger partial charge < -0.3 is 19.3 Å². The molecule has 2 aromatic carbocycles. The molecule has 152 valence electrons. The summed E-state index contributed by atoms with van der Waals surface area (Å²) < 4.78 is 5.75. The molecule has 8 heteroatoms. The number of carbonyl (C=O) groups excluding carboxylic acids is 3. The Bertz CT molecular complexity index is 1100. The van der Waals surface area contributed by atoms with Crippen LogP contribution in [0.4, 0.5) is 4.79 Å².